The second-order valence-corrected chi connectivity index (χ2v) is 4.31. The highest BCUT2D eigenvalue weighted by atomic mass is 16.5. The Labute approximate surface area is 95.6 Å². The summed E-state index contributed by atoms with van der Waals surface area (Å²) in [5.41, 5.74) is 8.52. The monoisotopic (exact) mass is 219 g/mol. The van der Waals surface area contributed by atoms with Crippen molar-refractivity contribution in [3.8, 4) is 5.75 Å². The van der Waals surface area contributed by atoms with Crippen molar-refractivity contribution >= 4 is 5.97 Å². The molecule has 1 aliphatic carbocycles. The lowest BCUT2D eigenvalue weighted by atomic mass is 9.99. The fraction of sp³-hybridized carbons (Fsp3) is 0.462. The third-order valence-corrected chi connectivity index (χ3v) is 2.99. The van der Waals surface area contributed by atoms with E-state index >= 15 is 0 Å². The van der Waals surface area contributed by atoms with Gasteiger partial charge in [0.1, 0.15) is 5.75 Å². The molecule has 3 nitrogen and oxygen atoms in total. The van der Waals surface area contributed by atoms with E-state index < -0.39 is 0 Å². The summed E-state index contributed by atoms with van der Waals surface area (Å²) in [5, 5.41) is 0. The first-order chi connectivity index (χ1) is 7.66. The van der Waals surface area contributed by atoms with Crippen LogP contribution in [-0.2, 0) is 11.2 Å². The second kappa shape index (κ2) is 4.66. The molecule has 3 heteroatoms. The first kappa shape index (κ1) is 11.1. The van der Waals surface area contributed by atoms with Crippen LogP contribution in [0, 0.1) is 0 Å². The molecule has 0 amide bonds. The van der Waals surface area contributed by atoms with E-state index in [9.17, 15) is 4.79 Å². The molecule has 0 aliphatic heterocycles. The Hall–Kier alpha value is -1.35. The van der Waals surface area contributed by atoms with Crippen LogP contribution in [0.25, 0.3) is 0 Å². The molecule has 0 aromatic heterocycles. The number of nitrogens with two attached hydrogens (primary N) is 1. The Morgan fingerprint density at radius 3 is 3.00 bits per heavy atom. The molecule has 2 rings (SSSR count). The normalized spacial score (nSPS) is 19.8. The highest BCUT2D eigenvalue weighted by molar-refractivity contribution is 5.69. The van der Waals surface area contributed by atoms with Gasteiger partial charge in [0.2, 0.25) is 0 Å². The number of hydrogen-bond donors (Lipinski definition) is 1. The molecule has 1 atom stereocenters. The van der Waals surface area contributed by atoms with Gasteiger partial charge >= 0.3 is 5.97 Å². The van der Waals surface area contributed by atoms with Gasteiger partial charge in [0.05, 0.1) is 0 Å². The maximum absolute atomic E-state index is 10.9. The summed E-state index contributed by atoms with van der Waals surface area (Å²) in [6, 6.07) is 5.89. The smallest absolute Gasteiger partial charge is 0.308 e. The lowest BCUT2D eigenvalue weighted by Gasteiger charge is -2.13. The number of rotatable bonds is 1. The molecule has 86 valence electrons. The molecule has 0 fully saturated rings. The standard InChI is InChI=1S/C13H17NO2/c1-9(15)16-11-6-7-12-10(8-11)4-2-3-5-13(12)14/h6-8,13H,2-5,14H2,1H3/t13-/m1/s1. The quantitative estimate of drug-likeness (QED) is 0.448. The molecule has 0 bridgehead atoms. The van der Waals surface area contributed by atoms with E-state index in [2.05, 4.69) is 0 Å². The molecule has 1 aromatic carbocycles. The molecule has 0 saturated heterocycles. The van der Waals surface area contributed by atoms with Gasteiger partial charge in [0, 0.05) is 13.0 Å². The third-order valence-electron chi connectivity index (χ3n) is 2.99. The summed E-state index contributed by atoms with van der Waals surface area (Å²) in [5.74, 6) is 0.346. The number of carbonyl (C=O) groups excluding carboxylic acids is 1. The molecule has 0 unspecified atom stereocenters. The van der Waals surface area contributed by atoms with Crippen LogP contribution in [0.2, 0.25) is 0 Å². The van der Waals surface area contributed by atoms with Crippen molar-refractivity contribution in [1.29, 1.82) is 0 Å². The number of esters is 1. The maximum Gasteiger partial charge on any atom is 0.308 e. The highest BCUT2D eigenvalue weighted by Gasteiger charge is 2.15. The first-order valence-corrected chi connectivity index (χ1v) is 5.73. The van der Waals surface area contributed by atoms with Crippen molar-refractivity contribution in [2.75, 3.05) is 0 Å². The van der Waals surface area contributed by atoms with Gasteiger partial charge in [-0.05, 0) is 42.5 Å². The molecule has 0 radical (unpaired) electrons. The fourth-order valence-electron chi connectivity index (χ4n) is 2.23. The van der Waals surface area contributed by atoms with Crippen LogP contribution in [-0.4, -0.2) is 5.97 Å². The van der Waals surface area contributed by atoms with E-state index in [0.717, 1.165) is 19.3 Å². The lowest BCUT2D eigenvalue weighted by molar-refractivity contribution is -0.131. The van der Waals surface area contributed by atoms with Gasteiger partial charge in [0.15, 0.2) is 0 Å². The van der Waals surface area contributed by atoms with Gasteiger partial charge in [0.25, 0.3) is 0 Å². The van der Waals surface area contributed by atoms with Crippen molar-refractivity contribution in [3.05, 3.63) is 29.3 Å². The molecular weight excluding hydrogens is 202 g/mol. The number of hydrogen-bond acceptors (Lipinski definition) is 3. The minimum Gasteiger partial charge on any atom is -0.427 e. The Kier molecular flexibility index (Phi) is 3.25. The summed E-state index contributed by atoms with van der Waals surface area (Å²) >= 11 is 0. The SMILES string of the molecule is CC(=O)Oc1ccc2c(c1)CCCC[C@H]2N. The van der Waals surface area contributed by atoms with Gasteiger partial charge in [-0.3, -0.25) is 4.79 Å². The zero-order valence-electron chi connectivity index (χ0n) is 9.53. The first-order valence-electron chi connectivity index (χ1n) is 5.73. The summed E-state index contributed by atoms with van der Waals surface area (Å²) in [7, 11) is 0. The van der Waals surface area contributed by atoms with Gasteiger partial charge < -0.3 is 10.5 Å². The minimum atomic E-state index is -0.280. The van der Waals surface area contributed by atoms with Crippen LogP contribution in [0.1, 0.15) is 43.4 Å². The van der Waals surface area contributed by atoms with E-state index in [1.54, 1.807) is 0 Å². The lowest BCUT2D eigenvalue weighted by Crippen LogP contribution is -2.10. The van der Waals surface area contributed by atoms with E-state index in [4.69, 9.17) is 10.5 Å². The van der Waals surface area contributed by atoms with Crippen LogP contribution in [0.3, 0.4) is 0 Å². The minimum absolute atomic E-state index is 0.129. The van der Waals surface area contributed by atoms with E-state index in [0.29, 0.717) is 5.75 Å². The molecule has 2 N–H and O–H groups in total. The maximum atomic E-state index is 10.9. The highest BCUT2D eigenvalue weighted by Crippen LogP contribution is 2.29. The molecule has 16 heavy (non-hydrogen) atoms. The molecule has 0 heterocycles. The van der Waals surface area contributed by atoms with Gasteiger partial charge in [-0.1, -0.05) is 12.5 Å². The number of benzene rings is 1. The number of aryl methyl sites for hydroxylation is 1. The van der Waals surface area contributed by atoms with E-state index in [-0.39, 0.29) is 12.0 Å². The Morgan fingerprint density at radius 1 is 1.44 bits per heavy atom. The third kappa shape index (κ3) is 2.42. The average molecular weight is 219 g/mol. The van der Waals surface area contributed by atoms with Crippen molar-refractivity contribution in [2.24, 2.45) is 5.73 Å². The van der Waals surface area contributed by atoms with Crippen LogP contribution in [0.5, 0.6) is 5.75 Å². The van der Waals surface area contributed by atoms with Gasteiger partial charge in [-0.25, -0.2) is 0 Å². The van der Waals surface area contributed by atoms with Gasteiger partial charge in [-0.15, -0.1) is 0 Å². The molecule has 0 saturated carbocycles. The fourth-order valence-corrected chi connectivity index (χ4v) is 2.23. The Bertz CT molecular complexity index is 401. The topological polar surface area (TPSA) is 52.3 Å². The number of fused-ring (bicyclic) bond motifs is 1. The van der Waals surface area contributed by atoms with Gasteiger partial charge in [-0.2, -0.15) is 0 Å². The predicted molar refractivity (Wildman–Crippen MR) is 62.2 cm³/mol. The summed E-state index contributed by atoms with van der Waals surface area (Å²) in [6.07, 6.45) is 4.39. The largest absolute Gasteiger partial charge is 0.427 e. The van der Waals surface area contributed by atoms with Crippen molar-refractivity contribution in [3.63, 3.8) is 0 Å². The zero-order chi connectivity index (χ0) is 11.5. The van der Waals surface area contributed by atoms with Crippen LogP contribution in [0.15, 0.2) is 18.2 Å². The van der Waals surface area contributed by atoms with E-state index in [1.165, 1.54) is 24.5 Å². The number of ether oxygens (including phenoxy) is 1. The van der Waals surface area contributed by atoms with Crippen LogP contribution in [0.4, 0.5) is 0 Å². The zero-order valence-corrected chi connectivity index (χ0v) is 9.53. The Balaban J connectivity index is 2.29. The molecule has 1 aliphatic rings. The number of carbonyl (C=O) groups is 1. The van der Waals surface area contributed by atoms with Crippen molar-refractivity contribution in [1.82, 2.24) is 0 Å². The summed E-state index contributed by atoms with van der Waals surface area (Å²) in [6.45, 7) is 1.41. The Morgan fingerprint density at radius 2 is 2.25 bits per heavy atom. The summed E-state index contributed by atoms with van der Waals surface area (Å²) in [4.78, 5) is 10.9. The molecule has 1 aromatic rings. The van der Waals surface area contributed by atoms with E-state index in [1.807, 2.05) is 18.2 Å². The second-order valence-electron chi connectivity index (χ2n) is 4.31. The average Bonchev–Trinajstić information content (AvgIpc) is 2.40. The van der Waals surface area contributed by atoms with Crippen molar-refractivity contribution < 1.29 is 9.53 Å². The molecule has 0 spiro atoms. The summed E-state index contributed by atoms with van der Waals surface area (Å²) < 4.78 is 5.08. The predicted octanol–water partition coefficient (Wildman–Crippen LogP) is 2.34. The van der Waals surface area contributed by atoms with Crippen LogP contribution >= 0.6 is 0 Å². The molecular formula is C13H17NO2. The van der Waals surface area contributed by atoms with Crippen molar-refractivity contribution in [2.45, 2.75) is 38.6 Å². The van der Waals surface area contributed by atoms with Crippen LogP contribution < -0.4 is 10.5 Å².